The van der Waals surface area contributed by atoms with Crippen LogP contribution in [0.3, 0.4) is 0 Å². The van der Waals surface area contributed by atoms with E-state index in [1.54, 1.807) is 54.9 Å². The summed E-state index contributed by atoms with van der Waals surface area (Å²) < 4.78 is 29.9. The Kier molecular flexibility index (Phi) is 8.75. The molecule has 0 saturated carbocycles. The normalized spacial score (nSPS) is 12.7. The molecule has 0 aliphatic heterocycles. The largest absolute Gasteiger partial charge is 0.387 e. The number of β-amino-alcohol motifs (C(OH)–C–C–N with tert-alkyl or cyclic N) is 1. The molecule has 0 radical (unpaired) electrons. The van der Waals surface area contributed by atoms with Crippen LogP contribution in [0.4, 0.5) is 5.69 Å². The van der Waals surface area contributed by atoms with Gasteiger partial charge in [-0.15, -0.1) is 10.2 Å². The summed E-state index contributed by atoms with van der Waals surface area (Å²) in [6.07, 6.45) is 3.02. The molecule has 224 valence electrons. The van der Waals surface area contributed by atoms with Crippen LogP contribution in [0.15, 0.2) is 78.1 Å². The number of aromatic amines is 1. The molecule has 0 spiro atoms. The summed E-state index contributed by atoms with van der Waals surface area (Å²) in [6.45, 7) is 5.05. The summed E-state index contributed by atoms with van der Waals surface area (Å²) in [5.41, 5.74) is 2.20. The fraction of sp³-hybridized carbons (Fsp3) is 0.286. The molecular weight excluding hydrogens is 572 g/mol. The first kappa shape index (κ1) is 29.8. The Morgan fingerprint density at radius 2 is 1.91 bits per heavy atom. The molecule has 14 nitrogen and oxygen atoms in total. The van der Waals surface area contributed by atoms with Gasteiger partial charge < -0.3 is 20.3 Å². The van der Waals surface area contributed by atoms with Crippen LogP contribution < -0.4 is 15.4 Å². The molecule has 15 heteroatoms. The van der Waals surface area contributed by atoms with Crippen LogP contribution in [0.2, 0.25) is 0 Å². The van der Waals surface area contributed by atoms with Gasteiger partial charge in [0.05, 0.1) is 29.4 Å². The van der Waals surface area contributed by atoms with E-state index in [0.717, 1.165) is 0 Å². The van der Waals surface area contributed by atoms with Crippen LogP contribution in [0.25, 0.3) is 11.2 Å². The van der Waals surface area contributed by atoms with Gasteiger partial charge in [-0.05, 0) is 56.2 Å². The van der Waals surface area contributed by atoms with E-state index in [9.17, 15) is 18.3 Å². The molecule has 0 aliphatic rings. The van der Waals surface area contributed by atoms with Crippen molar-refractivity contribution in [3.05, 3.63) is 90.1 Å². The predicted molar refractivity (Wildman–Crippen MR) is 158 cm³/mol. The van der Waals surface area contributed by atoms with Crippen LogP contribution in [-0.2, 0) is 23.1 Å². The number of aliphatic hydroxyl groups is 1. The van der Waals surface area contributed by atoms with Crippen molar-refractivity contribution in [3.8, 4) is 0 Å². The van der Waals surface area contributed by atoms with Gasteiger partial charge in [0.1, 0.15) is 5.52 Å². The number of pyridine rings is 1. The number of anilines is 1. The fourth-order valence-electron chi connectivity index (χ4n) is 4.36. The number of aliphatic hydroxyl groups excluding tert-OH is 1. The zero-order chi connectivity index (χ0) is 30.5. The summed E-state index contributed by atoms with van der Waals surface area (Å²) in [7, 11) is -3.74. The Morgan fingerprint density at radius 1 is 1.09 bits per heavy atom. The molecule has 0 saturated heterocycles. The number of fused-ring (bicyclic) bond motifs is 1. The van der Waals surface area contributed by atoms with Crippen molar-refractivity contribution < 1.29 is 18.3 Å². The van der Waals surface area contributed by atoms with Gasteiger partial charge in [0, 0.05) is 30.5 Å². The second kappa shape index (κ2) is 12.6. The number of carbonyl (C=O) groups is 1. The summed E-state index contributed by atoms with van der Waals surface area (Å²) in [5.74, 6) is 0.0481. The minimum Gasteiger partial charge on any atom is -0.387 e. The third-order valence-corrected chi connectivity index (χ3v) is 8.24. The van der Waals surface area contributed by atoms with Crippen LogP contribution in [-0.4, -0.2) is 66.7 Å². The van der Waals surface area contributed by atoms with Crippen LogP contribution in [0, 0.1) is 0 Å². The van der Waals surface area contributed by atoms with E-state index in [4.69, 9.17) is 0 Å². The van der Waals surface area contributed by atoms with Crippen molar-refractivity contribution in [3.63, 3.8) is 0 Å². The highest BCUT2D eigenvalue weighted by molar-refractivity contribution is 7.92. The zero-order valence-corrected chi connectivity index (χ0v) is 24.4. The molecule has 2 aromatic carbocycles. The maximum atomic E-state index is 12.7. The van der Waals surface area contributed by atoms with Gasteiger partial charge in [-0.1, -0.05) is 35.5 Å². The van der Waals surface area contributed by atoms with Crippen LogP contribution in [0.5, 0.6) is 0 Å². The molecule has 0 aliphatic carbocycles. The Morgan fingerprint density at radius 3 is 2.67 bits per heavy atom. The first-order valence-corrected chi connectivity index (χ1v) is 15.0. The maximum absolute atomic E-state index is 12.7. The first-order chi connectivity index (χ1) is 20.6. The molecule has 0 unspecified atom stereocenters. The van der Waals surface area contributed by atoms with Gasteiger partial charge in [0.2, 0.25) is 0 Å². The molecule has 3 heterocycles. The van der Waals surface area contributed by atoms with E-state index in [1.165, 1.54) is 18.3 Å². The zero-order valence-electron chi connectivity index (χ0n) is 23.6. The number of sulfonamides is 1. The number of hydrogen-bond acceptors (Lipinski definition) is 10. The van der Waals surface area contributed by atoms with Crippen LogP contribution in [0.1, 0.15) is 48.1 Å². The number of amides is 1. The number of carbonyl (C=O) groups excluding carboxylic acids is 1. The number of rotatable bonds is 13. The van der Waals surface area contributed by atoms with Gasteiger partial charge in [-0.2, -0.15) is 5.21 Å². The molecule has 5 aromatic rings. The number of imidazole rings is 1. The summed E-state index contributed by atoms with van der Waals surface area (Å²) >= 11 is 0. The molecule has 5 N–H and O–H groups in total. The lowest BCUT2D eigenvalue weighted by molar-refractivity contribution is 0.0949. The van der Waals surface area contributed by atoms with E-state index in [1.807, 2.05) is 18.4 Å². The van der Waals surface area contributed by atoms with Crippen molar-refractivity contribution in [1.29, 1.82) is 0 Å². The highest BCUT2D eigenvalue weighted by atomic mass is 32.2. The van der Waals surface area contributed by atoms with Gasteiger partial charge in [0.15, 0.2) is 11.5 Å². The third-order valence-electron chi connectivity index (χ3n) is 6.84. The van der Waals surface area contributed by atoms with Crippen molar-refractivity contribution in [2.75, 3.05) is 11.3 Å². The minimum atomic E-state index is -3.74. The van der Waals surface area contributed by atoms with Crippen molar-refractivity contribution in [1.82, 2.24) is 45.8 Å². The monoisotopic (exact) mass is 604 g/mol. The number of benzene rings is 2. The molecule has 0 fully saturated rings. The first-order valence-electron chi connectivity index (χ1n) is 13.5. The number of tetrazole rings is 1. The lowest BCUT2D eigenvalue weighted by Crippen LogP contribution is -2.42. The molecular formula is C28H32N10O4S. The molecule has 1 atom stereocenters. The number of nitrogens with zero attached hydrogens (tertiary/aromatic N) is 6. The van der Waals surface area contributed by atoms with Crippen LogP contribution >= 0.6 is 0 Å². The van der Waals surface area contributed by atoms with E-state index in [-0.39, 0.29) is 29.4 Å². The van der Waals surface area contributed by atoms with E-state index < -0.39 is 16.1 Å². The minimum absolute atomic E-state index is 0.136. The van der Waals surface area contributed by atoms with E-state index in [0.29, 0.717) is 46.8 Å². The Labute approximate surface area is 248 Å². The fourth-order valence-corrected chi connectivity index (χ4v) is 5.43. The van der Waals surface area contributed by atoms with E-state index in [2.05, 4.69) is 45.9 Å². The number of aromatic nitrogens is 7. The van der Waals surface area contributed by atoms with Gasteiger partial charge in [-0.3, -0.25) is 9.52 Å². The topological polar surface area (TPSA) is 193 Å². The SMILES string of the molecule is CC(C)(CCn1cnc2cc(C(=O)NCc3nn[nH]n3)cnc21)NC[C@H](O)c1cccc(NS(=O)(=O)c2ccccc2)c1. The molecule has 5 rings (SSSR count). The molecule has 0 bridgehead atoms. The van der Waals surface area contributed by atoms with Crippen molar-refractivity contribution >= 4 is 32.8 Å². The summed E-state index contributed by atoms with van der Waals surface area (Å²) in [4.78, 5) is 21.5. The second-order valence-electron chi connectivity index (χ2n) is 10.6. The number of nitrogens with one attached hydrogen (secondary N) is 4. The smallest absolute Gasteiger partial charge is 0.261 e. The van der Waals surface area contributed by atoms with Gasteiger partial charge in [0.25, 0.3) is 15.9 Å². The van der Waals surface area contributed by atoms with Crippen molar-refractivity contribution in [2.45, 2.75) is 49.9 Å². The van der Waals surface area contributed by atoms with E-state index >= 15 is 0 Å². The highest BCUT2D eigenvalue weighted by Gasteiger charge is 2.21. The molecule has 1 amide bonds. The lowest BCUT2D eigenvalue weighted by Gasteiger charge is -2.28. The quantitative estimate of drug-likeness (QED) is 0.133. The summed E-state index contributed by atoms with van der Waals surface area (Å²) in [5, 5.41) is 30.4. The molecule has 3 aromatic heterocycles. The average Bonchev–Trinajstić information content (AvgIpc) is 3.68. The van der Waals surface area contributed by atoms with Gasteiger partial charge in [-0.25, -0.2) is 18.4 Å². The molecule has 43 heavy (non-hydrogen) atoms. The Balaban J connectivity index is 1.15. The summed E-state index contributed by atoms with van der Waals surface area (Å²) in [6, 6.07) is 16.5. The standard InChI is InChI=1S/C28H32N10O4S/c1-28(2,32-16-24(39)19-7-6-8-21(13-19)35-43(41,42)22-9-4-3-5-10-22)11-12-38-18-31-23-14-20(15-29-26(23)38)27(40)30-17-25-33-36-37-34-25/h3-10,13-15,18,24,32,35,39H,11-12,16-17H2,1-2H3,(H,30,40)(H,33,34,36,37)/t24-/m0/s1. The average molecular weight is 605 g/mol. The lowest BCUT2D eigenvalue weighted by atomic mass is 9.99. The van der Waals surface area contributed by atoms with Gasteiger partial charge >= 0.3 is 0 Å². The number of aryl methyl sites for hydroxylation is 1. The highest BCUT2D eigenvalue weighted by Crippen LogP contribution is 2.22. The Hall–Kier alpha value is -4.73. The third kappa shape index (κ3) is 7.57. The Bertz CT molecular complexity index is 1790. The van der Waals surface area contributed by atoms with Crippen molar-refractivity contribution in [2.24, 2.45) is 0 Å². The second-order valence-corrected chi connectivity index (χ2v) is 12.3. The maximum Gasteiger partial charge on any atom is 0.261 e. The predicted octanol–water partition coefficient (Wildman–Crippen LogP) is 2.17. The number of hydrogen-bond donors (Lipinski definition) is 5. The number of H-pyrrole nitrogens is 1.